The smallest absolute Gasteiger partial charge is 0.0909 e. The van der Waals surface area contributed by atoms with Gasteiger partial charge in [-0.3, -0.25) is 4.98 Å². The van der Waals surface area contributed by atoms with E-state index < -0.39 is 0 Å². The van der Waals surface area contributed by atoms with E-state index in [-0.39, 0.29) is 0 Å². The lowest BCUT2D eigenvalue weighted by molar-refractivity contribution is 0.590. The quantitative estimate of drug-likeness (QED) is 0.906. The van der Waals surface area contributed by atoms with Gasteiger partial charge >= 0.3 is 0 Å². The molecule has 0 atom stereocenters. The van der Waals surface area contributed by atoms with Crippen LogP contribution in [0.25, 0.3) is 10.9 Å². The standard InChI is InChI=1S/C14H16Cl2N2/c1-8(2)17-7-10-6-9(3)18-14-11(10)4-5-12(15)13(14)16/h4-6,8,17H,7H2,1-3H3. The molecular formula is C14H16Cl2N2. The second-order valence-corrected chi connectivity index (χ2v) is 5.50. The van der Waals surface area contributed by atoms with Crippen molar-refractivity contribution in [3.8, 4) is 0 Å². The average molecular weight is 283 g/mol. The topological polar surface area (TPSA) is 24.9 Å². The molecule has 0 saturated heterocycles. The summed E-state index contributed by atoms with van der Waals surface area (Å²) in [7, 11) is 0. The summed E-state index contributed by atoms with van der Waals surface area (Å²) in [5.74, 6) is 0. The van der Waals surface area contributed by atoms with E-state index in [4.69, 9.17) is 23.2 Å². The van der Waals surface area contributed by atoms with Gasteiger partial charge in [-0.15, -0.1) is 0 Å². The summed E-state index contributed by atoms with van der Waals surface area (Å²) in [6.45, 7) is 7.02. The minimum Gasteiger partial charge on any atom is -0.310 e. The van der Waals surface area contributed by atoms with Gasteiger partial charge in [-0.2, -0.15) is 0 Å². The Kier molecular flexibility index (Phi) is 4.10. The predicted molar refractivity (Wildman–Crippen MR) is 78.5 cm³/mol. The molecule has 2 rings (SSSR count). The van der Waals surface area contributed by atoms with E-state index >= 15 is 0 Å². The van der Waals surface area contributed by atoms with Crippen LogP contribution in [0.5, 0.6) is 0 Å². The first-order valence-corrected chi connectivity index (χ1v) is 6.72. The largest absolute Gasteiger partial charge is 0.310 e. The molecule has 2 aromatic rings. The summed E-state index contributed by atoms with van der Waals surface area (Å²) in [5.41, 5.74) is 2.93. The number of nitrogens with one attached hydrogen (secondary N) is 1. The fraction of sp³-hybridized carbons (Fsp3) is 0.357. The van der Waals surface area contributed by atoms with Crippen molar-refractivity contribution in [2.45, 2.75) is 33.4 Å². The fourth-order valence-corrected chi connectivity index (χ4v) is 2.27. The van der Waals surface area contributed by atoms with Gasteiger partial charge in [0, 0.05) is 23.7 Å². The Bertz CT molecular complexity index is 580. The zero-order valence-corrected chi connectivity index (χ0v) is 12.2. The molecule has 0 bridgehead atoms. The highest BCUT2D eigenvalue weighted by atomic mass is 35.5. The molecule has 0 aliphatic heterocycles. The molecule has 1 heterocycles. The number of rotatable bonds is 3. The summed E-state index contributed by atoms with van der Waals surface area (Å²) < 4.78 is 0. The molecule has 1 aromatic carbocycles. The molecule has 2 nitrogen and oxygen atoms in total. The average Bonchev–Trinajstić information content (AvgIpc) is 2.31. The lowest BCUT2D eigenvalue weighted by Gasteiger charge is -2.12. The monoisotopic (exact) mass is 282 g/mol. The maximum absolute atomic E-state index is 6.22. The number of benzene rings is 1. The molecule has 0 aliphatic rings. The first kappa shape index (κ1) is 13.6. The van der Waals surface area contributed by atoms with Crippen LogP contribution in [0.1, 0.15) is 25.1 Å². The lowest BCUT2D eigenvalue weighted by Crippen LogP contribution is -2.22. The SMILES string of the molecule is Cc1cc(CNC(C)C)c2ccc(Cl)c(Cl)c2n1. The Labute approximate surface area is 117 Å². The van der Waals surface area contributed by atoms with E-state index in [2.05, 4.69) is 30.2 Å². The molecule has 0 radical (unpaired) electrons. The lowest BCUT2D eigenvalue weighted by atomic mass is 10.1. The van der Waals surface area contributed by atoms with E-state index in [0.717, 1.165) is 23.1 Å². The molecule has 0 fully saturated rings. The fourth-order valence-electron chi connectivity index (χ4n) is 1.91. The van der Waals surface area contributed by atoms with Crippen LogP contribution in [0.4, 0.5) is 0 Å². The van der Waals surface area contributed by atoms with Crippen LogP contribution in [-0.2, 0) is 6.54 Å². The van der Waals surface area contributed by atoms with E-state index in [1.54, 1.807) is 0 Å². The van der Waals surface area contributed by atoms with Gasteiger partial charge in [0.05, 0.1) is 15.6 Å². The van der Waals surface area contributed by atoms with E-state index in [1.807, 2.05) is 19.1 Å². The van der Waals surface area contributed by atoms with Crippen LogP contribution in [0.2, 0.25) is 10.0 Å². The Morgan fingerprint density at radius 1 is 1.28 bits per heavy atom. The van der Waals surface area contributed by atoms with Crippen molar-refractivity contribution in [3.63, 3.8) is 0 Å². The van der Waals surface area contributed by atoms with Crippen molar-refractivity contribution in [3.05, 3.63) is 39.5 Å². The first-order valence-electron chi connectivity index (χ1n) is 5.96. The van der Waals surface area contributed by atoms with Crippen LogP contribution in [-0.4, -0.2) is 11.0 Å². The van der Waals surface area contributed by atoms with Crippen LogP contribution >= 0.6 is 23.2 Å². The minimum absolute atomic E-state index is 0.441. The maximum Gasteiger partial charge on any atom is 0.0909 e. The molecular weight excluding hydrogens is 267 g/mol. The van der Waals surface area contributed by atoms with Gasteiger partial charge in [0.1, 0.15) is 0 Å². The summed E-state index contributed by atoms with van der Waals surface area (Å²) in [5, 5.41) is 5.55. The van der Waals surface area contributed by atoms with E-state index in [0.29, 0.717) is 16.1 Å². The summed E-state index contributed by atoms with van der Waals surface area (Å²) in [6.07, 6.45) is 0. The molecule has 0 saturated carbocycles. The number of pyridine rings is 1. The number of halogens is 2. The van der Waals surface area contributed by atoms with E-state index in [1.165, 1.54) is 5.56 Å². The Morgan fingerprint density at radius 2 is 2.00 bits per heavy atom. The number of hydrogen-bond donors (Lipinski definition) is 1. The zero-order chi connectivity index (χ0) is 13.3. The number of nitrogens with zero attached hydrogens (tertiary/aromatic N) is 1. The van der Waals surface area contributed by atoms with Crippen LogP contribution in [0, 0.1) is 6.92 Å². The second kappa shape index (κ2) is 5.43. The van der Waals surface area contributed by atoms with Crippen LogP contribution in [0.3, 0.4) is 0 Å². The summed E-state index contributed by atoms with van der Waals surface area (Å²) in [4.78, 5) is 4.48. The van der Waals surface area contributed by atoms with Gasteiger partial charge in [0.25, 0.3) is 0 Å². The van der Waals surface area contributed by atoms with Gasteiger partial charge in [-0.05, 0) is 24.6 Å². The van der Waals surface area contributed by atoms with Crippen molar-refractivity contribution < 1.29 is 0 Å². The number of aromatic nitrogens is 1. The number of fused-ring (bicyclic) bond motifs is 1. The normalized spacial score (nSPS) is 11.4. The van der Waals surface area contributed by atoms with Crippen LogP contribution in [0.15, 0.2) is 18.2 Å². The van der Waals surface area contributed by atoms with Crippen molar-refractivity contribution >= 4 is 34.1 Å². The van der Waals surface area contributed by atoms with E-state index in [9.17, 15) is 0 Å². The molecule has 0 unspecified atom stereocenters. The Morgan fingerprint density at radius 3 is 2.67 bits per heavy atom. The van der Waals surface area contributed by atoms with Gasteiger partial charge in [-0.1, -0.05) is 43.1 Å². The summed E-state index contributed by atoms with van der Waals surface area (Å²) in [6, 6.07) is 6.33. The summed E-state index contributed by atoms with van der Waals surface area (Å²) >= 11 is 12.3. The molecule has 18 heavy (non-hydrogen) atoms. The number of aryl methyl sites for hydroxylation is 1. The second-order valence-electron chi connectivity index (χ2n) is 4.72. The van der Waals surface area contributed by atoms with Crippen molar-refractivity contribution in [1.29, 1.82) is 0 Å². The third-order valence-corrected chi connectivity index (χ3v) is 3.58. The van der Waals surface area contributed by atoms with Crippen LogP contribution < -0.4 is 5.32 Å². The zero-order valence-electron chi connectivity index (χ0n) is 10.7. The predicted octanol–water partition coefficient (Wildman–Crippen LogP) is 4.35. The van der Waals surface area contributed by atoms with Gasteiger partial charge in [0.15, 0.2) is 0 Å². The third kappa shape index (κ3) is 2.77. The highest BCUT2D eigenvalue weighted by Crippen LogP contribution is 2.31. The maximum atomic E-state index is 6.22. The molecule has 96 valence electrons. The molecule has 0 amide bonds. The molecule has 1 aromatic heterocycles. The van der Waals surface area contributed by atoms with Crippen molar-refractivity contribution in [2.75, 3.05) is 0 Å². The van der Waals surface area contributed by atoms with Gasteiger partial charge < -0.3 is 5.32 Å². The molecule has 4 heteroatoms. The van der Waals surface area contributed by atoms with Crippen molar-refractivity contribution in [1.82, 2.24) is 10.3 Å². The van der Waals surface area contributed by atoms with Gasteiger partial charge in [-0.25, -0.2) is 0 Å². The molecule has 0 spiro atoms. The third-order valence-electron chi connectivity index (χ3n) is 2.79. The highest BCUT2D eigenvalue weighted by Gasteiger charge is 2.10. The van der Waals surface area contributed by atoms with Crippen molar-refractivity contribution in [2.24, 2.45) is 0 Å². The highest BCUT2D eigenvalue weighted by molar-refractivity contribution is 6.45. The Balaban J connectivity index is 2.56. The number of hydrogen-bond acceptors (Lipinski definition) is 2. The molecule has 1 N–H and O–H groups in total. The first-order chi connectivity index (χ1) is 8.49. The van der Waals surface area contributed by atoms with Gasteiger partial charge in [0.2, 0.25) is 0 Å². The minimum atomic E-state index is 0.441. The Hall–Kier alpha value is -0.830. The molecule has 0 aliphatic carbocycles.